The zero-order valence-electron chi connectivity index (χ0n) is 11.9. The van der Waals surface area contributed by atoms with Crippen LogP contribution in [0.3, 0.4) is 0 Å². The average molecular weight is 310 g/mol. The maximum atomic E-state index is 12.1. The molecule has 4 atom stereocenters. The number of anilines is 1. The first kappa shape index (κ1) is 14.6. The number of urea groups is 1. The standard InChI is InChI=1S/C15H20ClN3O2/c1-8-4-5-9(7-11(8)16)18-15(20)19-13-12(17)10-3-2-6-21-14(10)13/h4-5,7,10,12-14H,2-3,6,17H2,1H3,(H2,18,19,20). The van der Waals surface area contributed by atoms with E-state index in [0.29, 0.717) is 16.6 Å². The third-order valence-corrected chi connectivity index (χ3v) is 4.81. The molecular weight excluding hydrogens is 290 g/mol. The van der Waals surface area contributed by atoms with Crippen molar-refractivity contribution < 1.29 is 9.53 Å². The van der Waals surface area contributed by atoms with Crippen molar-refractivity contribution in [2.45, 2.75) is 38.0 Å². The lowest BCUT2D eigenvalue weighted by Gasteiger charge is -2.52. The van der Waals surface area contributed by atoms with E-state index in [4.69, 9.17) is 22.1 Å². The summed E-state index contributed by atoms with van der Waals surface area (Å²) in [5.41, 5.74) is 7.76. The summed E-state index contributed by atoms with van der Waals surface area (Å²) in [6.45, 7) is 2.67. The maximum Gasteiger partial charge on any atom is 0.319 e. The van der Waals surface area contributed by atoms with Crippen LogP contribution in [0.5, 0.6) is 0 Å². The van der Waals surface area contributed by atoms with E-state index in [-0.39, 0.29) is 24.2 Å². The van der Waals surface area contributed by atoms with Crippen LogP contribution in [-0.4, -0.2) is 30.8 Å². The molecule has 0 aromatic heterocycles. The molecule has 1 aliphatic carbocycles. The highest BCUT2D eigenvalue weighted by molar-refractivity contribution is 6.31. The number of nitrogens with one attached hydrogen (secondary N) is 2. The second-order valence-electron chi connectivity index (χ2n) is 5.81. The minimum Gasteiger partial charge on any atom is -0.376 e. The van der Waals surface area contributed by atoms with Crippen molar-refractivity contribution in [1.29, 1.82) is 0 Å². The van der Waals surface area contributed by atoms with Gasteiger partial charge < -0.3 is 21.1 Å². The van der Waals surface area contributed by atoms with E-state index in [0.717, 1.165) is 25.0 Å². The highest BCUT2D eigenvalue weighted by atomic mass is 35.5. The first-order valence-corrected chi connectivity index (χ1v) is 7.65. The quantitative estimate of drug-likeness (QED) is 0.784. The van der Waals surface area contributed by atoms with Gasteiger partial charge in [-0.05, 0) is 37.5 Å². The molecule has 3 rings (SSSR count). The van der Waals surface area contributed by atoms with Gasteiger partial charge in [0.1, 0.15) is 0 Å². The number of carbonyl (C=O) groups excluding carboxylic acids is 1. The average Bonchev–Trinajstić information content (AvgIpc) is 2.48. The van der Waals surface area contributed by atoms with Gasteiger partial charge in [0.15, 0.2) is 0 Å². The zero-order valence-corrected chi connectivity index (χ0v) is 12.7. The first-order chi connectivity index (χ1) is 10.1. The van der Waals surface area contributed by atoms with Crippen LogP contribution in [0.2, 0.25) is 5.02 Å². The Morgan fingerprint density at radius 1 is 1.48 bits per heavy atom. The first-order valence-electron chi connectivity index (χ1n) is 7.27. The van der Waals surface area contributed by atoms with Gasteiger partial charge in [-0.15, -0.1) is 0 Å². The molecule has 1 heterocycles. The molecule has 1 saturated carbocycles. The van der Waals surface area contributed by atoms with Crippen molar-refractivity contribution in [1.82, 2.24) is 5.32 Å². The van der Waals surface area contributed by atoms with Crippen molar-refractivity contribution >= 4 is 23.3 Å². The summed E-state index contributed by atoms with van der Waals surface area (Å²) >= 11 is 6.04. The van der Waals surface area contributed by atoms with E-state index in [9.17, 15) is 4.79 Å². The van der Waals surface area contributed by atoms with Crippen LogP contribution < -0.4 is 16.4 Å². The van der Waals surface area contributed by atoms with Crippen LogP contribution >= 0.6 is 11.6 Å². The highest BCUT2D eigenvalue weighted by Crippen LogP contribution is 2.37. The smallest absolute Gasteiger partial charge is 0.319 e. The molecule has 1 saturated heterocycles. The molecule has 4 unspecified atom stereocenters. The fourth-order valence-electron chi connectivity index (χ4n) is 3.12. The Morgan fingerprint density at radius 2 is 2.29 bits per heavy atom. The van der Waals surface area contributed by atoms with E-state index in [1.54, 1.807) is 6.07 Å². The molecule has 4 N–H and O–H groups in total. The molecule has 0 spiro atoms. The van der Waals surface area contributed by atoms with Crippen molar-refractivity contribution in [3.63, 3.8) is 0 Å². The van der Waals surface area contributed by atoms with Crippen LogP contribution in [0.25, 0.3) is 0 Å². The Morgan fingerprint density at radius 3 is 3.05 bits per heavy atom. The largest absolute Gasteiger partial charge is 0.376 e. The minimum absolute atomic E-state index is 0.0253. The summed E-state index contributed by atoms with van der Waals surface area (Å²) in [7, 11) is 0. The predicted molar refractivity (Wildman–Crippen MR) is 82.6 cm³/mol. The van der Waals surface area contributed by atoms with Gasteiger partial charge in [-0.25, -0.2) is 4.79 Å². The number of hydrogen-bond donors (Lipinski definition) is 3. The molecule has 2 aliphatic rings. The lowest BCUT2D eigenvalue weighted by Crippen LogP contribution is -2.72. The number of benzene rings is 1. The summed E-state index contributed by atoms with van der Waals surface area (Å²) in [6, 6.07) is 5.01. The normalized spacial score (nSPS) is 31.0. The van der Waals surface area contributed by atoms with Gasteiger partial charge in [-0.3, -0.25) is 0 Å². The molecule has 0 bridgehead atoms. The fraction of sp³-hybridized carbons (Fsp3) is 0.533. The van der Waals surface area contributed by atoms with E-state index >= 15 is 0 Å². The number of fused-ring (bicyclic) bond motifs is 1. The summed E-state index contributed by atoms with van der Waals surface area (Å²) in [4.78, 5) is 12.1. The van der Waals surface area contributed by atoms with E-state index in [2.05, 4.69) is 10.6 Å². The number of halogens is 1. The maximum absolute atomic E-state index is 12.1. The lowest BCUT2D eigenvalue weighted by atomic mass is 9.69. The van der Waals surface area contributed by atoms with Crippen LogP contribution in [0.15, 0.2) is 18.2 Å². The Kier molecular flexibility index (Phi) is 4.06. The zero-order chi connectivity index (χ0) is 15.0. The molecule has 2 amide bonds. The predicted octanol–water partition coefficient (Wildman–Crippen LogP) is 2.27. The van der Waals surface area contributed by atoms with Gasteiger partial charge in [0.05, 0.1) is 12.1 Å². The number of nitrogens with two attached hydrogens (primary N) is 1. The van der Waals surface area contributed by atoms with Gasteiger partial charge >= 0.3 is 6.03 Å². The number of rotatable bonds is 2. The third kappa shape index (κ3) is 2.86. The summed E-state index contributed by atoms with van der Waals surface area (Å²) in [5, 5.41) is 6.31. The number of carbonyl (C=O) groups is 1. The Hall–Kier alpha value is -1.30. The van der Waals surface area contributed by atoms with Crippen molar-refractivity contribution in [3.05, 3.63) is 28.8 Å². The summed E-state index contributed by atoms with van der Waals surface area (Å²) < 4.78 is 5.70. The number of amides is 2. The molecule has 1 aromatic rings. The van der Waals surface area contributed by atoms with Crippen LogP contribution in [0.4, 0.5) is 10.5 Å². The van der Waals surface area contributed by atoms with Crippen LogP contribution in [-0.2, 0) is 4.74 Å². The second-order valence-corrected chi connectivity index (χ2v) is 6.21. The Balaban J connectivity index is 1.58. The molecule has 0 radical (unpaired) electrons. The number of aryl methyl sites for hydroxylation is 1. The number of hydrogen-bond acceptors (Lipinski definition) is 3. The van der Waals surface area contributed by atoms with E-state index < -0.39 is 0 Å². The van der Waals surface area contributed by atoms with Crippen molar-refractivity contribution in [3.8, 4) is 0 Å². The molecule has 2 fully saturated rings. The van der Waals surface area contributed by atoms with Gasteiger partial charge in [0.2, 0.25) is 0 Å². The van der Waals surface area contributed by atoms with Crippen LogP contribution in [0.1, 0.15) is 18.4 Å². The van der Waals surface area contributed by atoms with Crippen molar-refractivity contribution in [2.75, 3.05) is 11.9 Å². The molecule has 6 heteroatoms. The van der Waals surface area contributed by atoms with Gasteiger partial charge in [-0.1, -0.05) is 17.7 Å². The Bertz CT molecular complexity index is 552. The molecule has 21 heavy (non-hydrogen) atoms. The molecule has 1 aromatic carbocycles. The minimum atomic E-state index is -0.275. The lowest BCUT2D eigenvalue weighted by molar-refractivity contribution is -0.116. The SMILES string of the molecule is Cc1ccc(NC(=O)NC2C(N)C3CCCOC32)cc1Cl. The summed E-state index contributed by atoms with van der Waals surface area (Å²) in [5.74, 6) is 0.373. The van der Waals surface area contributed by atoms with Crippen molar-refractivity contribution in [2.24, 2.45) is 11.7 Å². The third-order valence-electron chi connectivity index (χ3n) is 4.40. The molecule has 114 valence electrons. The van der Waals surface area contributed by atoms with Crippen LogP contribution in [0, 0.1) is 12.8 Å². The monoisotopic (exact) mass is 309 g/mol. The molecule has 5 nitrogen and oxygen atoms in total. The topological polar surface area (TPSA) is 76.4 Å². The Labute approximate surface area is 129 Å². The molecule has 1 aliphatic heterocycles. The highest BCUT2D eigenvalue weighted by Gasteiger charge is 2.51. The fourth-order valence-corrected chi connectivity index (χ4v) is 3.30. The van der Waals surface area contributed by atoms with Gasteiger partial charge in [0.25, 0.3) is 0 Å². The van der Waals surface area contributed by atoms with Gasteiger partial charge in [0, 0.05) is 29.3 Å². The second kappa shape index (κ2) is 5.83. The number of ether oxygens (including phenoxy) is 1. The summed E-state index contributed by atoms with van der Waals surface area (Å²) in [6.07, 6.45) is 2.19. The molecular formula is C15H20ClN3O2. The van der Waals surface area contributed by atoms with Gasteiger partial charge in [-0.2, -0.15) is 0 Å². The van der Waals surface area contributed by atoms with E-state index in [1.165, 1.54) is 0 Å². The van der Waals surface area contributed by atoms with E-state index in [1.807, 2.05) is 19.1 Å².